The fourth-order valence-corrected chi connectivity index (χ4v) is 2.51. The van der Waals surface area contributed by atoms with Crippen molar-refractivity contribution in [1.82, 2.24) is 4.90 Å². The maximum absolute atomic E-state index is 12.1. The van der Waals surface area contributed by atoms with Crippen molar-refractivity contribution in [3.05, 3.63) is 12.7 Å². The van der Waals surface area contributed by atoms with E-state index in [1.807, 2.05) is 6.08 Å². The summed E-state index contributed by atoms with van der Waals surface area (Å²) in [4.78, 5) is 25.3. The van der Waals surface area contributed by atoms with Crippen LogP contribution in [0.1, 0.15) is 51.4 Å². The largest absolute Gasteiger partial charge is 0.467 e. The van der Waals surface area contributed by atoms with Crippen LogP contribution in [0.4, 0.5) is 0 Å². The number of carbonyl (C=O) groups excluding carboxylic acids is 2. The molecule has 1 rings (SSSR count). The van der Waals surface area contributed by atoms with E-state index in [4.69, 9.17) is 4.74 Å². The topological polar surface area (TPSA) is 46.6 Å². The van der Waals surface area contributed by atoms with Crippen LogP contribution in [0.5, 0.6) is 0 Å². The van der Waals surface area contributed by atoms with E-state index in [1.54, 1.807) is 4.90 Å². The third-order valence-electron chi connectivity index (χ3n) is 3.60. The maximum Gasteiger partial charge on any atom is 0.328 e. The predicted molar refractivity (Wildman–Crippen MR) is 84.5 cm³/mol. The molecule has 1 aliphatic heterocycles. The first-order chi connectivity index (χ1) is 10.2. The van der Waals surface area contributed by atoms with Crippen LogP contribution in [0.15, 0.2) is 12.7 Å². The minimum atomic E-state index is -0.349. The first-order valence-corrected chi connectivity index (χ1v) is 7.52. The summed E-state index contributed by atoms with van der Waals surface area (Å²) in [5, 5.41) is 0. The molecule has 0 aliphatic carbocycles. The van der Waals surface area contributed by atoms with Crippen LogP contribution < -0.4 is 0 Å². The summed E-state index contributed by atoms with van der Waals surface area (Å²) in [5.74, 6) is -0.187. The maximum atomic E-state index is 12.1. The van der Waals surface area contributed by atoms with Gasteiger partial charge in [0.1, 0.15) is 6.04 Å². The SMILES string of the molecule is C#C.C=CCCCCCCC(=O)N1CCC[C@H]1C(=O)OC. The number of allylic oxidation sites excluding steroid dienone is 1. The molecule has 0 bridgehead atoms. The zero-order chi connectivity index (χ0) is 16.1. The number of nitrogens with zero attached hydrogens (tertiary/aromatic N) is 1. The van der Waals surface area contributed by atoms with E-state index in [1.165, 1.54) is 7.11 Å². The number of likely N-dealkylation sites (tertiary alicyclic amines) is 1. The number of unbranched alkanes of at least 4 members (excludes halogenated alkanes) is 4. The molecule has 0 spiro atoms. The van der Waals surface area contributed by atoms with E-state index in [2.05, 4.69) is 19.4 Å². The molecule has 1 fully saturated rings. The Labute approximate surface area is 128 Å². The van der Waals surface area contributed by atoms with Crippen LogP contribution in [-0.4, -0.2) is 36.5 Å². The monoisotopic (exact) mass is 293 g/mol. The summed E-state index contributed by atoms with van der Waals surface area (Å²) in [7, 11) is 1.38. The Kier molecular flexibility index (Phi) is 11.0. The Hall–Kier alpha value is -1.76. The van der Waals surface area contributed by atoms with Gasteiger partial charge >= 0.3 is 5.97 Å². The van der Waals surface area contributed by atoms with E-state index in [-0.39, 0.29) is 17.9 Å². The summed E-state index contributed by atoms with van der Waals surface area (Å²) < 4.78 is 4.74. The number of terminal acetylenes is 1. The lowest BCUT2D eigenvalue weighted by Gasteiger charge is -2.22. The standard InChI is InChI=1S/C15H25NO3.C2H2/c1-3-4-5-6-7-8-11-14(17)16-12-9-10-13(16)15(18)19-2;1-2/h3,13H,1,4-12H2,2H3;1-2H/t13-;/m0./s1. The van der Waals surface area contributed by atoms with Gasteiger partial charge in [-0.2, -0.15) is 0 Å². The van der Waals surface area contributed by atoms with Crippen molar-refractivity contribution in [3.63, 3.8) is 0 Å². The van der Waals surface area contributed by atoms with Crippen LogP contribution in [0.3, 0.4) is 0 Å². The molecule has 0 saturated carbocycles. The van der Waals surface area contributed by atoms with E-state index < -0.39 is 0 Å². The first-order valence-electron chi connectivity index (χ1n) is 7.52. The second kappa shape index (κ2) is 12.0. The van der Waals surface area contributed by atoms with Crippen molar-refractivity contribution in [2.45, 2.75) is 57.4 Å². The second-order valence-electron chi connectivity index (χ2n) is 5.01. The molecule has 1 aliphatic rings. The fourth-order valence-electron chi connectivity index (χ4n) is 2.51. The normalized spacial score (nSPS) is 16.7. The highest BCUT2D eigenvalue weighted by Gasteiger charge is 2.34. The summed E-state index contributed by atoms with van der Waals surface area (Å²) in [6.45, 7) is 4.38. The van der Waals surface area contributed by atoms with Gasteiger partial charge in [0.25, 0.3) is 0 Å². The number of rotatable bonds is 8. The molecule has 1 heterocycles. The molecule has 118 valence electrons. The molecular weight excluding hydrogens is 266 g/mol. The molecule has 0 radical (unpaired) electrons. The van der Waals surface area contributed by atoms with Crippen LogP contribution in [-0.2, 0) is 14.3 Å². The van der Waals surface area contributed by atoms with E-state index in [0.717, 1.165) is 44.9 Å². The van der Waals surface area contributed by atoms with Gasteiger partial charge in [0.15, 0.2) is 0 Å². The highest BCUT2D eigenvalue weighted by Crippen LogP contribution is 2.20. The molecule has 0 aromatic carbocycles. The lowest BCUT2D eigenvalue weighted by molar-refractivity contribution is -0.151. The Balaban J connectivity index is 0.00000191. The lowest BCUT2D eigenvalue weighted by atomic mass is 10.1. The molecule has 1 saturated heterocycles. The number of carbonyl (C=O) groups is 2. The highest BCUT2D eigenvalue weighted by molar-refractivity contribution is 5.85. The van der Waals surface area contributed by atoms with Gasteiger partial charge in [-0.05, 0) is 32.1 Å². The van der Waals surface area contributed by atoms with Gasteiger partial charge in [-0.25, -0.2) is 4.79 Å². The number of methoxy groups -OCH3 is 1. The molecule has 4 heteroatoms. The molecule has 21 heavy (non-hydrogen) atoms. The van der Waals surface area contributed by atoms with Gasteiger partial charge in [-0.15, -0.1) is 19.4 Å². The molecule has 0 unspecified atom stereocenters. The Morgan fingerprint density at radius 2 is 1.95 bits per heavy atom. The molecular formula is C17H27NO3. The van der Waals surface area contributed by atoms with Crippen LogP contribution in [0, 0.1) is 12.8 Å². The average Bonchev–Trinajstić information content (AvgIpc) is 3.01. The van der Waals surface area contributed by atoms with Gasteiger partial charge < -0.3 is 9.64 Å². The number of esters is 1. The molecule has 0 N–H and O–H groups in total. The van der Waals surface area contributed by atoms with Gasteiger partial charge in [0.2, 0.25) is 5.91 Å². The van der Waals surface area contributed by atoms with Crippen LogP contribution in [0.25, 0.3) is 0 Å². The minimum absolute atomic E-state index is 0.0941. The smallest absolute Gasteiger partial charge is 0.328 e. The number of hydrogen-bond donors (Lipinski definition) is 0. The second-order valence-corrected chi connectivity index (χ2v) is 5.01. The minimum Gasteiger partial charge on any atom is -0.467 e. The van der Waals surface area contributed by atoms with Gasteiger partial charge in [0.05, 0.1) is 7.11 Å². The molecule has 1 amide bonds. The van der Waals surface area contributed by atoms with Crippen molar-refractivity contribution >= 4 is 11.9 Å². The zero-order valence-electron chi connectivity index (χ0n) is 13.1. The van der Waals surface area contributed by atoms with Gasteiger partial charge in [-0.1, -0.05) is 18.9 Å². The van der Waals surface area contributed by atoms with Crippen molar-refractivity contribution < 1.29 is 14.3 Å². The summed E-state index contributed by atoms with van der Waals surface area (Å²) >= 11 is 0. The fraction of sp³-hybridized carbons (Fsp3) is 0.647. The molecule has 0 aromatic heterocycles. The van der Waals surface area contributed by atoms with Gasteiger partial charge in [-0.3, -0.25) is 4.79 Å². The average molecular weight is 293 g/mol. The van der Waals surface area contributed by atoms with E-state index >= 15 is 0 Å². The van der Waals surface area contributed by atoms with Gasteiger partial charge in [0, 0.05) is 13.0 Å². The number of hydrogen-bond acceptors (Lipinski definition) is 3. The number of amides is 1. The number of ether oxygens (including phenoxy) is 1. The first kappa shape index (κ1) is 19.2. The third-order valence-corrected chi connectivity index (χ3v) is 3.60. The summed E-state index contributed by atoms with van der Waals surface area (Å²) in [6.07, 6.45) is 17.4. The van der Waals surface area contributed by atoms with Crippen molar-refractivity contribution in [1.29, 1.82) is 0 Å². The molecule has 0 aromatic rings. The van der Waals surface area contributed by atoms with Crippen molar-refractivity contribution in [3.8, 4) is 12.8 Å². The van der Waals surface area contributed by atoms with Crippen molar-refractivity contribution in [2.24, 2.45) is 0 Å². The lowest BCUT2D eigenvalue weighted by Crippen LogP contribution is -2.40. The third kappa shape index (κ3) is 6.99. The van der Waals surface area contributed by atoms with E-state index in [0.29, 0.717) is 13.0 Å². The Bertz CT molecular complexity index is 349. The van der Waals surface area contributed by atoms with E-state index in [9.17, 15) is 9.59 Å². The van der Waals surface area contributed by atoms with Crippen LogP contribution >= 0.6 is 0 Å². The summed E-state index contributed by atoms with van der Waals surface area (Å²) in [5.41, 5.74) is 0. The quantitative estimate of drug-likeness (QED) is 0.299. The van der Waals surface area contributed by atoms with Crippen molar-refractivity contribution in [2.75, 3.05) is 13.7 Å². The molecule has 4 nitrogen and oxygen atoms in total. The molecule has 1 atom stereocenters. The highest BCUT2D eigenvalue weighted by atomic mass is 16.5. The predicted octanol–water partition coefficient (Wildman–Crippen LogP) is 2.93. The van der Waals surface area contributed by atoms with Crippen LogP contribution in [0.2, 0.25) is 0 Å². The zero-order valence-corrected chi connectivity index (χ0v) is 13.1. The summed E-state index contributed by atoms with van der Waals surface area (Å²) in [6, 6.07) is -0.349. The Morgan fingerprint density at radius 3 is 2.57 bits per heavy atom. The Morgan fingerprint density at radius 1 is 1.29 bits per heavy atom.